The van der Waals surface area contributed by atoms with Crippen LogP contribution in [0.25, 0.3) is 0 Å². The van der Waals surface area contributed by atoms with Crippen molar-refractivity contribution in [2.45, 2.75) is 58.7 Å². The van der Waals surface area contributed by atoms with Gasteiger partial charge in [0.25, 0.3) is 0 Å². The van der Waals surface area contributed by atoms with Gasteiger partial charge in [0.05, 0.1) is 0 Å². The van der Waals surface area contributed by atoms with Crippen molar-refractivity contribution in [3.63, 3.8) is 0 Å². The minimum atomic E-state index is -1.40. The standard InChI is InChI=1S/C9H26O2Si3/c1-8-9-12(10-13(2,3)4)11-14(5,6)7/h12H,8-9H2,1-7H3. The molecule has 14 heavy (non-hydrogen) atoms. The Hall–Kier alpha value is 0.571. The van der Waals surface area contributed by atoms with Gasteiger partial charge in [-0.05, 0) is 45.3 Å². The third-order valence-electron chi connectivity index (χ3n) is 1.49. The van der Waals surface area contributed by atoms with E-state index in [1.807, 2.05) is 0 Å². The first-order chi connectivity index (χ1) is 6.14. The van der Waals surface area contributed by atoms with Gasteiger partial charge in [0, 0.05) is 0 Å². The molecule has 0 aliphatic heterocycles. The van der Waals surface area contributed by atoms with Crippen LogP contribution in [-0.2, 0) is 8.23 Å². The second-order valence-electron chi connectivity index (χ2n) is 5.68. The van der Waals surface area contributed by atoms with Crippen LogP contribution in [0.3, 0.4) is 0 Å². The molecule has 0 aromatic carbocycles. The summed E-state index contributed by atoms with van der Waals surface area (Å²) in [4.78, 5) is 0. The van der Waals surface area contributed by atoms with Crippen molar-refractivity contribution in [3.05, 3.63) is 0 Å². The lowest BCUT2D eigenvalue weighted by Crippen LogP contribution is -2.43. The first kappa shape index (κ1) is 14.6. The molecule has 0 saturated carbocycles. The monoisotopic (exact) mass is 250 g/mol. The predicted octanol–water partition coefficient (Wildman–Crippen LogP) is 3.32. The zero-order valence-corrected chi connectivity index (χ0v) is 14.0. The number of hydrogen-bond acceptors (Lipinski definition) is 2. The summed E-state index contributed by atoms with van der Waals surface area (Å²) in [5, 5.41) is 0. The molecule has 0 saturated heterocycles. The van der Waals surface area contributed by atoms with Crippen molar-refractivity contribution < 1.29 is 8.23 Å². The largest absolute Gasteiger partial charge is 0.439 e. The van der Waals surface area contributed by atoms with Gasteiger partial charge in [-0.25, -0.2) is 0 Å². The summed E-state index contributed by atoms with van der Waals surface area (Å²) in [6.07, 6.45) is 1.19. The molecule has 0 radical (unpaired) electrons. The molecule has 0 heterocycles. The fraction of sp³-hybridized carbons (Fsp3) is 1.00. The average molecular weight is 251 g/mol. The third kappa shape index (κ3) is 9.14. The summed E-state index contributed by atoms with van der Waals surface area (Å²) in [6, 6.07) is 1.16. The SMILES string of the molecule is CCC[SiH](O[Si](C)(C)C)O[Si](C)(C)C. The molecule has 86 valence electrons. The minimum Gasteiger partial charge on any atom is -0.439 e. The Morgan fingerprint density at radius 1 is 0.857 bits per heavy atom. The lowest BCUT2D eigenvalue weighted by atomic mass is 10.6. The van der Waals surface area contributed by atoms with Crippen LogP contribution in [0.2, 0.25) is 45.3 Å². The smallest absolute Gasteiger partial charge is 0.300 e. The van der Waals surface area contributed by atoms with E-state index in [0.29, 0.717) is 0 Å². The maximum Gasteiger partial charge on any atom is 0.300 e. The van der Waals surface area contributed by atoms with Crippen molar-refractivity contribution in [3.8, 4) is 0 Å². The van der Waals surface area contributed by atoms with E-state index in [4.69, 9.17) is 8.23 Å². The van der Waals surface area contributed by atoms with Gasteiger partial charge in [0.15, 0.2) is 16.6 Å². The summed E-state index contributed by atoms with van der Waals surface area (Å²) in [5.74, 6) is 0. The number of hydrogen-bond donors (Lipinski definition) is 0. The van der Waals surface area contributed by atoms with Crippen LogP contribution in [-0.4, -0.2) is 25.9 Å². The zero-order chi connectivity index (χ0) is 11.4. The Kier molecular flexibility index (Phi) is 5.83. The Morgan fingerprint density at radius 3 is 1.43 bits per heavy atom. The molecule has 5 heteroatoms. The van der Waals surface area contributed by atoms with Crippen LogP contribution in [0.5, 0.6) is 0 Å². The van der Waals surface area contributed by atoms with Gasteiger partial charge in [-0.3, -0.25) is 0 Å². The molecule has 0 unspecified atom stereocenters. The van der Waals surface area contributed by atoms with Gasteiger partial charge in [-0.2, -0.15) is 0 Å². The van der Waals surface area contributed by atoms with Crippen LogP contribution in [0.4, 0.5) is 0 Å². The van der Waals surface area contributed by atoms with Gasteiger partial charge < -0.3 is 8.23 Å². The van der Waals surface area contributed by atoms with Gasteiger partial charge in [0.2, 0.25) is 0 Å². The van der Waals surface area contributed by atoms with E-state index in [0.717, 1.165) is 6.04 Å². The molecule has 0 spiro atoms. The predicted molar refractivity (Wildman–Crippen MR) is 71.1 cm³/mol. The number of rotatable bonds is 6. The summed E-state index contributed by atoms with van der Waals surface area (Å²) in [7, 11) is -4.16. The zero-order valence-electron chi connectivity index (χ0n) is 10.8. The average Bonchev–Trinajstić information content (AvgIpc) is 1.78. The summed E-state index contributed by atoms with van der Waals surface area (Å²) in [6.45, 7) is 15.7. The van der Waals surface area contributed by atoms with Crippen LogP contribution >= 0.6 is 0 Å². The second kappa shape index (κ2) is 5.60. The lowest BCUT2D eigenvalue weighted by molar-refractivity contribution is 0.416. The summed E-state index contributed by atoms with van der Waals surface area (Å²) >= 11 is 0. The van der Waals surface area contributed by atoms with E-state index in [1.54, 1.807) is 0 Å². The summed E-state index contributed by atoms with van der Waals surface area (Å²) < 4.78 is 12.3. The van der Waals surface area contributed by atoms with Crippen molar-refractivity contribution in [1.29, 1.82) is 0 Å². The molecule has 0 aliphatic carbocycles. The highest BCUT2D eigenvalue weighted by atomic mass is 28.4. The fourth-order valence-electron chi connectivity index (χ4n) is 1.17. The van der Waals surface area contributed by atoms with Crippen LogP contribution < -0.4 is 0 Å². The first-order valence-corrected chi connectivity index (χ1v) is 14.1. The molecule has 0 bridgehead atoms. The van der Waals surface area contributed by atoms with Crippen molar-refractivity contribution >= 4 is 25.9 Å². The van der Waals surface area contributed by atoms with E-state index in [9.17, 15) is 0 Å². The van der Waals surface area contributed by atoms with E-state index in [-0.39, 0.29) is 0 Å². The summed E-state index contributed by atoms with van der Waals surface area (Å²) in [5.41, 5.74) is 0. The maximum absolute atomic E-state index is 6.14. The quantitative estimate of drug-likeness (QED) is 0.673. The van der Waals surface area contributed by atoms with E-state index in [1.165, 1.54) is 6.42 Å². The Bertz CT molecular complexity index is 144. The molecule has 0 amide bonds. The lowest BCUT2D eigenvalue weighted by Gasteiger charge is -2.30. The minimum absolute atomic E-state index is 1.16. The first-order valence-electron chi connectivity index (χ1n) is 5.50. The maximum atomic E-state index is 6.14. The van der Waals surface area contributed by atoms with E-state index >= 15 is 0 Å². The third-order valence-corrected chi connectivity index (χ3v) is 10.3. The molecule has 0 aromatic heterocycles. The molecule has 0 aromatic rings. The van der Waals surface area contributed by atoms with Crippen molar-refractivity contribution in [1.82, 2.24) is 0 Å². The Labute approximate surface area is 93.1 Å². The second-order valence-corrected chi connectivity index (χ2v) is 17.5. The van der Waals surface area contributed by atoms with Gasteiger partial charge in [-0.1, -0.05) is 13.3 Å². The van der Waals surface area contributed by atoms with Crippen molar-refractivity contribution in [2.75, 3.05) is 0 Å². The molecular weight excluding hydrogens is 224 g/mol. The van der Waals surface area contributed by atoms with Gasteiger partial charge in [0.1, 0.15) is 0 Å². The Morgan fingerprint density at radius 2 is 1.21 bits per heavy atom. The highest BCUT2D eigenvalue weighted by Gasteiger charge is 2.27. The highest BCUT2D eigenvalue weighted by Crippen LogP contribution is 2.15. The molecular formula is C9H26O2Si3. The van der Waals surface area contributed by atoms with E-state index in [2.05, 4.69) is 46.2 Å². The molecule has 2 nitrogen and oxygen atoms in total. The van der Waals surface area contributed by atoms with Crippen LogP contribution in [0.15, 0.2) is 0 Å². The topological polar surface area (TPSA) is 18.5 Å². The molecule has 0 rings (SSSR count). The Balaban J connectivity index is 4.16. The molecule has 0 atom stereocenters. The van der Waals surface area contributed by atoms with Gasteiger partial charge >= 0.3 is 9.28 Å². The molecule has 0 aliphatic rings. The van der Waals surface area contributed by atoms with E-state index < -0.39 is 25.9 Å². The van der Waals surface area contributed by atoms with Crippen LogP contribution in [0.1, 0.15) is 13.3 Å². The normalized spacial score (nSPS) is 13.7. The van der Waals surface area contributed by atoms with Crippen LogP contribution in [0, 0.1) is 0 Å². The molecule has 0 N–H and O–H groups in total. The highest BCUT2D eigenvalue weighted by molar-refractivity contribution is 6.81. The molecule has 0 fully saturated rings. The van der Waals surface area contributed by atoms with Crippen molar-refractivity contribution in [2.24, 2.45) is 0 Å². The fourth-order valence-corrected chi connectivity index (χ4v) is 9.52. The van der Waals surface area contributed by atoms with Gasteiger partial charge in [-0.15, -0.1) is 0 Å².